The van der Waals surface area contributed by atoms with Gasteiger partial charge in [0.05, 0.1) is 25.4 Å². The maximum atomic E-state index is 11.9. The molecule has 0 saturated carbocycles. The van der Waals surface area contributed by atoms with Crippen molar-refractivity contribution in [3.8, 4) is 5.75 Å². The number of ether oxygens (including phenoxy) is 2. The molecule has 2 N–H and O–H groups in total. The summed E-state index contributed by atoms with van der Waals surface area (Å²) in [7, 11) is 1.68. The number of amides is 2. The second-order valence-electron chi connectivity index (χ2n) is 6.42. The Morgan fingerprint density at radius 1 is 1.26 bits per heavy atom. The van der Waals surface area contributed by atoms with Gasteiger partial charge in [0.1, 0.15) is 5.75 Å². The lowest BCUT2D eigenvalue weighted by Crippen LogP contribution is -2.46. The number of methoxy groups -OCH3 is 1. The smallest absolute Gasteiger partial charge is 0.315 e. The van der Waals surface area contributed by atoms with Crippen LogP contribution in [-0.4, -0.2) is 37.9 Å². The Labute approximate surface area is 137 Å². The van der Waals surface area contributed by atoms with Crippen LogP contribution in [0.1, 0.15) is 37.7 Å². The molecule has 3 atom stereocenters. The molecule has 0 radical (unpaired) electrons. The summed E-state index contributed by atoms with van der Waals surface area (Å²) < 4.78 is 10.9. The van der Waals surface area contributed by atoms with Crippen LogP contribution in [0.2, 0.25) is 0 Å². The summed E-state index contributed by atoms with van der Waals surface area (Å²) in [5, 5.41) is 5.99. The Morgan fingerprint density at radius 2 is 2.09 bits per heavy atom. The van der Waals surface area contributed by atoms with E-state index in [1.54, 1.807) is 7.11 Å². The topological polar surface area (TPSA) is 59.6 Å². The van der Waals surface area contributed by atoms with E-state index in [1.807, 2.05) is 12.1 Å². The van der Waals surface area contributed by atoms with Crippen molar-refractivity contribution in [2.24, 2.45) is 0 Å². The number of carbonyl (C=O) groups is 1. The predicted octanol–water partition coefficient (Wildman–Crippen LogP) is 2.64. The van der Waals surface area contributed by atoms with E-state index in [-0.39, 0.29) is 18.2 Å². The number of unbranched alkanes of at least 4 members (excludes halogenated alkanes) is 1. The van der Waals surface area contributed by atoms with Gasteiger partial charge < -0.3 is 20.1 Å². The lowest BCUT2D eigenvalue weighted by Gasteiger charge is -2.20. The number of aryl methyl sites for hydroxylation is 1. The van der Waals surface area contributed by atoms with Gasteiger partial charge in [0.2, 0.25) is 0 Å². The van der Waals surface area contributed by atoms with E-state index in [0.717, 1.165) is 44.3 Å². The van der Waals surface area contributed by atoms with E-state index in [2.05, 4.69) is 22.8 Å². The summed E-state index contributed by atoms with van der Waals surface area (Å²) in [4.78, 5) is 11.9. The molecular formula is C18H26N2O3. The summed E-state index contributed by atoms with van der Waals surface area (Å²) >= 11 is 0. The molecule has 5 nitrogen and oxygen atoms in total. The Bertz CT molecular complexity index is 518. The molecule has 2 heterocycles. The summed E-state index contributed by atoms with van der Waals surface area (Å²) in [6.07, 6.45) is 6.86. The van der Waals surface area contributed by atoms with E-state index >= 15 is 0 Å². The van der Waals surface area contributed by atoms with Gasteiger partial charge >= 0.3 is 6.03 Å². The maximum absolute atomic E-state index is 11.9. The first-order valence-electron chi connectivity index (χ1n) is 8.57. The highest BCUT2D eigenvalue weighted by Crippen LogP contribution is 2.34. The van der Waals surface area contributed by atoms with Crippen LogP contribution >= 0.6 is 0 Å². The van der Waals surface area contributed by atoms with E-state index in [9.17, 15) is 4.79 Å². The van der Waals surface area contributed by atoms with Crippen molar-refractivity contribution in [1.82, 2.24) is 10.6 Å². The van der Waals surface area contributed by atoms with Gasteiger partial charge in [-0.15, -0.1) is 0 Å². The first kappa shape index (κ1) is 16.1. The minimum atomic E-state index is -0.0596. The monoisotopic (exact) mass is 318 g/mol. The fourth-order valence-corrected chi connectivity index (χ4v) is 3.46. The number of fused-ring (bicyclic) bond motifs is 2. The molecule has 0 spiro atoms. The molecule has 2 aliphatic heterocycles. The molecule has 23 heavy (non-hydrogen) atoms. The molecule has 2 fully saturated rings. The molecule has 5 heteroatoms. The van der Waals surface area contributed by atoms with E-state index in [4.69, 9.17) is 9.47 Å². The lowest BCUT2D eigenvalue weighted by molar-refractivity contribution is 0.0981. The van der Waals surface area contributed by atoms with Crippen LogP contribution in [0.5, 0.6) is 5.75 Å². The highest BCUT2D eigenvalue weighted by molar-refractivity contribution is 5.74. The third kappa shape index (κ3) is 4.38. The number of carbonyl (C=O) groups excluding carboxylic acids is 1. The summed E-state index contributed by atoms with van der Waals surface area (Å²) in [5.74, 6) is 0.886. The normalized spacial score (nSPS) is 25.3. The number of benzene rings is 1. The molecule has 1 aromatic rings. The number of urea groups is 1. The third-order valence-corrected chi connectivity index (χ3v) is 4.76. The van der Waals surface area contributed by atoms with E-state index in [1.165, 1.54) is 5.56 Å². The molecule has 2 amide bonds. The number of nitrogens with one attached hydrogen (secondary N) is 2. The first-order chi connectivity index (χ1) is 11.2. The number of rotatable bonds is 7. The molecule has 126 valence electrons. The highest BCUT2D eigenvalue weighted by atomic mass is 16.5. The highest BCUT2D eigenvalue weighted by Gasteiger charge is 2.41. The van der Waals surface area contributed by atoms with Gasteiger partial charge in [0.15, 0.2) is 0 Å². The van der Waals surface area contributed by atoms with Crippen LogP contribution in [0.4, 0.5) is 4.79 Å². The lowest BCUT2D eigenvalue weighted by atomic mass is 9.96. The minimum Gasteiger partial charge on any atom is -0.497 e. The molecule has 2 aliphatic rings. The largest absolute Gasteiger partial charge is 0.497 e. The van der Waals surface area contributed by atoms with Crippen molar-refractivity contribution in [3.05, 3.63) is 29.8 Å². The van der Waals surface area contributed by atoms with Crippen molar-refractivity contribution in [2.75, 3.05) is 13.7 Å². The van der Waals surface area contributed by atoms with Crippen molar-refractivity contribution in [1.29, 1.82) is 0 Å². The predicted molar refractivity (Wildman–Crippen MR) is 88.8 cm³/mol. The Morgan fingerprint density at radius 3 is 2.74 bits per heavy atom. The fraction of sp³-hybridized carbons (Fsp3) is 0.611. The number of hydrogen-bond donors (Lipinski definition) is 2. The van der Waals surface area contributed by atoms with Crippen LogP contribution in [0.15, 0.2) is 24.3 Å². The van der Waals surface area contributed by atoms with Crippen molar-refractivity contribution >= 4 is 6.03 Å². The molecule has 3 unspecified atom stereocenters. The van der Waals surface area contributed by atoms with Crippen molar-refractivity contribution < 1.29 is 14.3 Å². The SMILES string of the molecule is COc1ccc(CCCCNC(=O)NC2CC3CCC2O3)cc1. The van der Waals surface area contributed by atoms with Crippen LogP contribution in [0.25, 0.3) is 0 Å². The molecule has 1 aromatic carbocycles. The van der Waals surface area contributed by atoms with Gasteiger partial charge in [-0.1, -0.05) is 12.1 Å². The van der Waals surface area contributed by atoms with Gasteiger partial charge in [-0.25, -0.2) is 4.79 Å². The zero-order valence-corrected chi connectivity index (χ0v) is 13.7. The van der Waals surface area contributed by atoms with Gasteiger partial charge in [-0.3, -0.25) is 0 Å². The first-order valence-corrected chi connectivity index (χ1v) is 8.57. The summed E-state index contributed by atoms with van der Waals surface area (Å²) in [6.45, 7) is 0.712. The van der Waals surface area contributed by atoms with Gasteiger partial charge in [0.25, 0.3) is 0 Å². The Balaban J connectivity index is 1.27. The zero-order chi connectivity index (χ0) is 16.1. The summed E-state index contributed by atoms with van der Waals surface area (Å²) in [6, 6.07) is 8.29. The second kappa shape index (κ2) is 7.68. The van der Waals surface area contributed by atoms with Gasteiger partial charge in [-0.05, 0) is 56.2 Å². The molecule has 3 rings (SSSR count). The Hall–Kier alpha value is -1.75. The van der Waals surface area contributed by atoms with Crippen LogP contribution in [0.3, 0.4) is 0 Å². The molecule has 0 aromatic heterocycles. The van der Waals surface area contributed by atoms with E-state index in [0.29, 0.717) is 12.6 Å². The average molecular weight is 318 g/mol. The molecule has 2 bridgehead atoms. The van der Waals surface area contributed by atoms with Crippen LogP contribution < -0.4 is 15.4 Å². The number of hydrogen-bond acceptors (Lipinski definition) is 3. The van der Waals surface area contributed by atoms with Gasteiger partial charge in [-0.2, -0.15) is 0 Å². The summed E-state index contributed by atoms with van der Waals surface area (Å²) in [5.41, 5.74) is 1.30. The minimum absolute atomic E-state index is 0.0596. The van der Waals surface area contributed by atoms with Crippen LogP contribution in [0, 0.1) is 0 Å². The van der Waals surface area contributed by atoms with E-state index < -0.39 is 0 Å². The van der Waals surface area contributed by atoms with Gasteiger partial charge in [0, 0.05) is 6.54 Å². The van der Waals surface area contributed by atoms with Crippen molar-refractivity contribution in [3.63, 3.8) is 0 Å². The maximum Gasteiger partial charge on any atom is 0.315 e. The molecule has 0 aliphatic carbocycles. The zero-order valence-electron chi connectivity index (χ0n) is 13.7. The second-order valence-corrected chi connectivity index (χ2v) is 6.42. The quantitative estimate of drug-likeness (QED) is 0.760. The standard InChI is InChI=1S/C18H26N2O3/c1-22-14-7-5-13(6-8-14)4-2-3-11-19-18(21)20-16-12-15-9-10-17(16)23-15/h5-8,15-17H,2-4,9-12H2,1H3,(H2,19,20,21). The molecular weight excluding hydrogens is 292 g/mol. The third-order valence-electron chi connectivity index (χ3n) is 4.76. The van der Waals surface area contributed by atoms with Crippen LogP contribution in [-0.2, 0) is 11.2 Å². The molecule has 2 saturated heterocycles. The van der Waals surface area contributed by atoms with Crippen molar-refractivity contribution in [2.45, 2.75) is 56.8 Å². The Kier molecular flexibility index (Phi) is 5.39. The fourth-order valence-electron chi connectivity index (χ4n) is 3.46. The average Bonchev–Trinajstić information content (AvgIpc) is 3.18.